The molecule has 0 spiro atoms. The van der Waals surface area contributed by atoms with Crippen LogP contribution in [-0.2, 0) is 4.74 Å². The van der Waals surface area contributed by atoms with Crippen LogP contribution in [0.5, 0.6) is 0 Å². The van der Waals surface area contributed by atoms with E-state index in [1.54, 1.807) is 5.57 Å². The second kappa shape index (κ2) is 17.6. The average molecular weight is 445 g/mol. The molecule has 0 radical (unpaired) electrons. The molecule has 4 atom stereocenters. The van der Waals surface area contributed by atoms with Crippen molar-refractivity contribution in [1.29, 1.82) is 0 Å². The Kier molecular flexibility index (Phi) is 16.1. The first-order chi connectivity index (χ1) is 15.4. The predicted molar refractivity (Wildman–Crippen MR) is 144 cm³/mol. The van der Waals surface area contributed by atoms with Crippen LogP contribution in [-0.4, -0.2) is 12.7 Å². The van der Waals surface area contributed by atoms with E-state index < -0.39 is 0 Å². The third kappa shape index (κ3) is 12.4. The molecule has 4 unspecified atom stereocenters. The molecule has 1 nitrogen and oxygen atoms in total. The molecule has 32 heavy (non-hydrogen) atoms. The summed E-state index contributed by atoms with van der Waals surface area (Å²) in [5.41, 5.74) is 4.59. The molecule has 0 aromatic carbocycles. The van der Waals surface area contributed by atoms with Gasteiger partial charge in [-0.1, -0.05) is 103 Å². The lowest BCUT2D eigenvalue weighted by atomic mass is 9.83. The summed E-state index contributed by atoms with van der Waals surface area (Å²) in [4.78, 5) is 0. The minimum atomic E-state index is 0.299. The first-order valence-electron chi connectivity index (χ1n) is 14.0. The van der Waals surface area contributed by atoms with Gasteiger partial charge < -0.3 is 4.74 Å². The highest BCUT2D eigenvalue weighted by Crippen LogP contribution is 2.32. The average Bonchev–Trinajstić information content (AvgIpc) is 2.76. The van der Waals surface area contributed by atoms with E-state index in [1.165, 1.54) is 94.6 Å². The standard InChI is InChI=1S/C31H56O/c1-8-10-12-15-25(3)16-13-17-26(4)18-14-19-27(5)20-22-30-23-21-28(6)29(7)31(30)32-24-11-9-2/h17,21,23,25,27,29,31H,8-16,18-20,22,24H2,1-7H3. The smallest absolute Gasteiger partial charge is 0.0850 e. The zero-order chi connectivity index (χ0) is 23.8. The van der Waals surface area contributed by atoms with Crippen LogP contribution in [0.2, 0.25) is 0 Å². The summed E-state index contributed by atoms with van der Waals surface area (Å²) in [6, 6.07) is 0. The van der Waals surface area contributed by atoms with Gasteiger partial charge in [-0.05, 0) is 76.2 Å². The molecule has 0 aromatic rings. The highest BCUT2D eigenvalue weighted by Gasteiger charge is 2.26. The van der Waals surface area contributed by atoms with E-state index in [0.29, 0.717) is 12.0 Å². The van der Waals surface area contributed by atoms with Crippen LogP contribution < -0.4 is 0 Å². The van der Waals surface area contributed by atoms with Crippen LogP contribution in [0.15, 0.2) is 34.9 Å². The Morgan fingerprint density at radius 1 is 0.938 bits per heavy atom. The van der Waals surface area contributed by atoms with Gasteiger partial charge in [0.1, 0.15) is 0 Å². The van der Waals surface area contributed by atoms with Crippen molar-refractivity contribution < 1.29 is 4.74 Å². The van der Waals surface area contributed by atoms with Gasteiger partial charge >= 0.3 is 0 Å². The molecule has 1 aliphatic carbocycles. The molecule has 0 amide bonds. The highest BCUT2D eigenvalue weighted by atomic mass is 16.5. The summed E-state index contributed by atoms with van der Waals surface area (Å²) in [5.74, 6) is 2.20. The molecule has 0 fully saturated rings. The lowest BCUT2D eigenvalue weighted by Gasteiger charge is -2.31. The quantitative estimate of drug-likeness (QED) is 0.151. The summed E-state index contributed by atoms with van der Waals surface area (Å²) in [5, 5.41) is 0. The number of hydrogen-bond donors (Lipinski definition) is 0. The van der Waals surface area contributed by atoms with Crippen LogP contribution in [0.1, 0.15) is 132 Å². The van der Waals surface area contributed by atoms with Gasteiger partial charge in [-0.15, -0.1) is 0 Å². The monoisotopic (exact) mass is 444 g/mol. The summed E-state index contributed by atoms with van der Waals surface area (Å²) < 4.78 is 6.33. The molecular weight excluding hydrogens is 388 g/mol. The Bertz CT molecular complexity index is 567. The molecule has 0 aliphatic heterocycles. The summed E-state index contributed by atoms with van der Waals surface area (Å²) in [6.07, 6.45) is 24.5. The fourth-order valence-corrected chi connectivity index (χ4v) is 4.77. The predicted octanol–water partition coefficient (Wildman–Crippen LogP) is 10.2. The number of rotatable bonds is 18. The molecule has 0 saturated heterocycles. The third-order valence-electron chi connectivity index (χ3n) is 7.54. The van der Waals surface area contributed by atoms with E-state index in [4.69, 9.17) is 4.74 Å². The Labute approximate surface area is 202 Å². The fraction of sp³-hybridized carbons (Fsp3) is 0.806. The molecule has 1 rings (SSSR count). The van der Waals surface area contributed by atoms with Crippen molar-refractivity contribution in [3.05, 3.63) is 34.9 Å². The van der Waals surface area contributed by atoms with E-state index in [9.17, 15) is 0 Å². The van der Waals surface area contributed by atoms with Gasteiger partial charge in [0.15, 0.2) is 0 Å². The normalized spacial score (nSPS) is 21.3. The second-order valence-corrected chi connectivity index (χ2v) is 10.9. The minimum Gasteiger partial charge on any atom is -0.373 e. The van der Waals surface area contributed by atoms with Crippen molar-refractivity contribution in [2.24, 2.45) is 17.8 Å². The van der Waals surface area contributed by atoms with Crippen LogP contribution in [0.25, 0.3) is 0 Å². The molecule has 1 aliphatic rings. The Hall–Kier alpha value is -0.820. The molecule has 186 valence electrons. The Balaban J connectivity index is 2.29. The van der Waals surface area contributed by atoms with Crippen molar-refractivity contribution in [2.45, 2.75) is 138 Å². The van der Waals surface area contributed by atoms with E-state index in [-0.39, 0.29) is 0 Å². The van der Waals surface area contributed by atoms with Crippen molar-refractivity contribution in [2.75, 3.05) is 6.61 Å². The number of allylic oxidation sites excluding steroid dienone is 4. The minimum absolute atomic E-state index is 0.299. The second-order valence-electron chi connectivity index (χ2n) is 10.9. The van der Waals surface area contributed by atoms with Crippen LogP contribution >= 0.6 is 0 Å². The van der Waals surface area contributed by atoms with E-state index in [0.717, 1.165) is 18.4 Å². The SMILES string of the molecule is CCCCCC(C)CCC=C(C)CCCC(C)CCC1=CC=C(C)C(C)C1OCCCC. The Morgan fingerprint density at radius 2 is 1.62 bits per heavy atom. The zero-order valence-corrected chi connectivity index (χ0v) is 22.8. The summed E-state index contributed by atoms with van der Waals surface area (Å²) >= 11 is 0. The van der Waals surface area contributed by atoms with Gasteiger partial charge in [0.25, 0.3) is 0 Å². The van der Waals surface area contributed by atoms with Crippen molar-refractivity contribution in [1.82, 2.24) is 0 Å². The molecular formula is C31H56O. The first kappa shape index (κ1) is 29.2. The van der Waals surface area contributed by atoms with E-state index in [1.807, 2.05) is 0 Å². The van der Waals surface area contributed by atoms with Gasteiger partial charge in [0.2, 0.25) is 0 Å². The largest absolute Gasteiger partial charge is 0.373 e. The molecule has 0 aromatic heterocycles. The maximum Gasteiger partial charge on any atom is 0.0850 e. The van der Waals surface area contributed by atoms with Crippen LogP contribution in [0, 0.1) is 17.8 Å². The van der Waals surface area contributed by atoms with Crippen molar-refractivity contribution in [3.63, 3.8) is 0 Å². The van der Waals surface area contributed by atoms with Crippen LogP contribution in [0.4, 0.5) is 0 Å². The number of hydrogen-bond acceptors (Lipinski definition) is 1. The maximum atomic E-state index is 6.33. The lowest BCUT2D eigenvalue weighted by molar-refractivity contribution is 0.0461. The van der Waals surface area contributed by atoms with Crippen molar-refractivity contribution >= 4 is 0 Å². The van der Waals surface area contributed by atoms with Crippen LogP contribution in [0.3, 0.4) is 0 Å². The number of ether oxygens (including phenoxy) is 1. The summed E-state index contributed by atoms with van der Waals surface area (Å²) in [6.45, 7) is 17.2. The van der Waals surface area contributed by atoms with E-state index >= 15 is 0 Å². The molecule has 0 saturated carbocycles. The lowest BCUT2D eigenvalue weighted by Crippen LogP contribution is -2.28. The fourth-order valence-electron chi connectivity index (χ4n) is 4.77. The topological polar surface area (TPSA) is 9.23 Å². The number of unbranched alkanes of at least 4 members (excludes halogenated alkanes) is 3. The van der Waals surface area contributed by atoms with Crippen molar-refractivity contribution in [3.8, 4) is 0 Å². The van der Waals surface area contributed by atoms with E-state index in [2.05, 4.69) is 66.7 Å². The molecule has 0 bridgehead atoms. The van der Waals surface area contributed by atoms with Gasteiger partial charge in [0, 0.05) is 12.5 Å². The first-order valence-corrected chi connectivity index (χ1v) is 14.0. The van der Waals surface area contributed by atoms with Gasteiger partial charge in [-0.25, -0.2) is 0 Å². The maximum absolute atomic E-state index is 6.33. The van der Waals surface area contributed by atoms with Gasteiger partial charge in [-0.2, -0.15) is 0 Å². The molecule has 0 heterocycles. The molecule has 0 N–H and O–H groups in total. The highest BCUT2D eigenvalue weighted by molar-refractivity contribution is 5.29. The third-order valence-corrected chi connectivity index (χ3v) is 7.54. The molecule has 1 heteroatoms. The summed E-state index contributed by atoms with van der Waals surface area (Å²) in [7, 11) is 0. The Morgan fingerprint density at radius 3 is 2.34 bits per heavy atom. The van der Waals surface area contributed by atoms with Gasteiger partial charge in [0.05, 0.1) is 6.10 Å². The van der Waals surface area contributed by atoms with Gasteiger partial charge in [-0.3, -0.25) is 0 Å². The zero-order valence-electron chi connectivity index (χ0n) is 22.8.